The molecule has 0 atom stereocenters. The SMILES string of the molecule is Cc1ccnc(Sc2nc(=O)c(=O)[nH]n2C)c1N. The maximum Gasteiger partial charge on any atom is 0.339 e. The van der Waals surface area contributed by atoms with Crippen LogP contribution in [0.25, 0.3) is 0 Å². The van der Waals surface area contributed by atoms with E-state index in [1.165, 1.54) is 4.68 Å². The van der Waals surface area contributed by atoms with Crippen LogP contribution in [-0.2, 0) is 7.05 Å². The Labute approximate surface area is 106 Å². The number of aryl methyl sites for hydroxylation is 2. The highest BCUT2D eigenvalue weighted by atomic mass is 32.2. The van der Waals surface area contributed by atoms with E-state index in [4.69, 9.17) is 5.73 Å². The Kier molecular flexibility index (Phi) is 3.19. The van der Waals surface area contributed by atoms with Gasteiger partial charge in [0.15, 0.2) is 5.16 Å². The molecule has 7 nitrogen and oxygen atoms in total. The van der Waals surface area contributed by atoms with Crippen LogP contribution in [0.4, 0.5) is 5.69 Å². The topological polar surface area (TPSA) is 107 Å². The number of nitrogens with one attached hydrogen (secondary N) is 1. The lowest BCUT2D eigenvalue weighted by Gasteiger charge is -2.08. The second-order valence-corrected chi connectivity index (χ2v) is 4.60. The summed E-state index contributed by atoms with van der Waals surface area (Å²) in [4.78, 5) is 30.1. The van der Waals surface area contributed by atoms with E-state index in [0.717, 1.165) is 17.3 Å². The van der Waals surface area contributed by atoms with Gasteiger partial charge in [-0.25, -0.2) is 4.98 Å². The Balaban J connectivity index is 2.46. The first kappa shape index (κ1) is 12.4. The Hall–Kier alpha value is -2.09. The minimum atomic E-state index is -0.832. The lowest BCUT2D eigenvalue weighted by molar-refractivity contribution is 0.596. The number of anilines is 1. The minimum Gasteiger partial charge on any atom is -0.396 e. The number of rotatable bonds is 2. The van der Waals surface area contributed by atoms with E-state index in [1.807, 2.05) is 6.92 Å². The molecule has 0 amide bonds. The van der Waals surface area contributed by atoms with Gasteiger partial charge in [-0.05, 0) is 30.3 Å². The van der Waals surface area contributed by atoms with Gasteiger partial charge in [-0.2, -0.15) is 4.98 Å². The predicted molar refractivity (Wildman–Crippen MR) is 67.6 cm³/mol. The molecule has 0 bridgehead atoms. The molecule has 2 aromatic heterocycles. The van der Waals surface area contributed by atoms with E-state index in [0.29, 0.717) is 15.9 Å². The van der Waals surface area contributed by atoms with Crippen molar-refractivity contribution in [3.05, 3.63) is 38.5 Å². The van der Waals surface area contributed by atoms with Crippen LogP contribution in [0.3, 0.4) is 0 Å². The van der Waals surface area contributed by atoms with Gasteiger partial charge in [0.2, 0.25) is 0 Å². The van der Waals surface area contributed by atoms with Crippen LogP contribution < -0.4 is 16.9 Å². The van der Waals surface area contributed by atoms with Gasteiger partial charge in [0, 0.05) is 13.2 Å². The van der Waals surface area contributed by atoms with Crippen LogP contribution in [0.5, 0.6) is 0 Å². The second-order valence-electron chi connectivity index (χ2n) is 3.65. The fourth-order valence-corrected chi connectivity index (χ4v) is 2.13. The van der Waals surface area contributed by atoms with Gasteiger partial charge < -0.3 is 5.73 Å². The molecule has 0 aliphatic rings. The number of nitrogens with zero attached hydrogens (tertiary/aromatic N) is 3. The molecule has 0 spiro atoms. The fourth-order valence-electron chi connectivity index (χ4n) is 1.26. The summed E-state index contributed by atoms with van der Waals surface area (Å²) in [6.45, 7) is 1.86. The maximum atomic E-state index is 11.2. The van der Waals surface area contributed by atoms with Gasteiger partial charge in [0.1, 0.15) is 5.03 Å². The Morgan fingerprint density at radius 3 is 2.89 bits per heavy atom. The molecule has 18 heavy (non-hydrogen) atoms. The highest BCUT2D eigenvalue weighted by Crippen LogP contribution is 2.28. The molecule has 94 valence electrons. The van der Waals surface area contributed by atoms with Crippen molar-refractivity contribution in [3.63, 3.8) is 0 Å². The van der Waals surface area contributed by atoms with Crippen LogP contribution >= 0.6 is 11.8 Å². The summed E-state index contributed by atoms with van der Waals surface area (Å²) in [5.41, 5.74) is 5.71. The molecule has 2 rings (SSSR count). The van der Waals surface area contributed by atoms with Crippen molar-refractivity contribution in [1.82, 2.24) is 19.7 Å². The summed E-state index contributed by atoms with van der Waals surface area (Å²) >= 11 is 1.12. The third-order valence-electron chi connectivity index (χ3n) is 2.31. The van der Waals surface area contributed by atoms with E-state index < -0.39 is 11.1 Å². The van der Waals surface area contributed by atoms with Gasteiger partial charge >= 0.3 is 11.1 Å². The standard InChI is InChI=1S/C10H11N5O2S/c1-5-3-4-12-9(6(5)11)18-10-13-7(16)8(17)14-15(10)2/h3-4H,11H2,1-2H3,(H,14,17). The van der Waals surface area contributed by atoms with Gasteiger partial charge in [0.25, 0.3) is 0 Å². The molecule has 0 fully saturated rings. The predicted octanol–water partition coefficient (Wildman–Crippen LogP) is -0.0946. The van der Waals surface area contributed by atoms with Crippen molar-refractivity contribution in [2.24, 2.45) is 7.05 Å². The Morgan fingerprint density at radius 1 is 1.44 bits per heavy atom. The molecular weight excluding hydrogens is 254 g/mol. The summed E-state index contributed by atoms with van der Waals surface area (Å²) in [6, 6.07) is 1.79. The average molecular weight is 265 g/mol. The third-order valence-corrected chi connectivity index (χ3v) is 3.37. The quantitative estimate of drug-likeness (QED) is 0.735. The van der Waals surface area contributed by atoms with E-state index in [2.05, 4.69) is 15.1 Å². The number of H-pyrrole nitrogens is 1. The number of pyridine rings is 1. The number of aromatic nitrogens is 4. The number of nitrogens with two attached hydrogens (primary N) is 1. The number of hydrogen-bond donors (Lipinski definition) is 2. The first-order valence-electron chi connectivity index (χ1n) is 5.05. The van der Waals surface area contributed by atoms with E-state index in [9.17, 15) is 9.59 Å². The zero-order valence-electron chi connectivity index (χ0n) is 9.80. The van der Waals surface area contributed by atoms with E-state index in [1.54, 1.807) is 19.3 Å². The molecule has 0 unspecified atom stereocenters. The van der Waals surface area contributed by atoms with Crippen LogP contribution in [0.15, 0.2) is 32.0 Å². The number of aromatic amines is 1. The zero-order chi connectivity index (χ0) is 13.3. The number of hydrogen-bond acceptors (Lipinski definition) is 6. The summed E-state index contributed by atoms with van der Waals surface area (Å²) in [7, 11) is 1.59. The van der Waals surface area contributed by atoms with Crippen molar-refractivity contribution in [2.75, 3.05) is 5.73 Å². The zero-order valence-corrected chi connectivity index (χ0v) is 10.6. The molecule has 0 aliphatic heterocycles. The summed E-state index contributed by atoms with van der Waals surface area (Å²) in [5, 5.41) is 3.23. The highest BCUT2D eigenvalue weighted by molar-refractivity contribution is 7.99. The largest absolute Gasteiger partial charge is 0.396 e. The van der Waals surface area contributed by atoms with Crippen molar-refractivity contribution < 1.29 is 0 Å². The third kappa shape index (κ3) is 2.28. The van der Waals surface area contributed by atoms with Crippen LogP contribution in [-0.4, -0.2) is 19.7 Å². The molecule has 8 heteroatoms. The summed E-state index contributed by atoms with van der Waals surface area (Å²) < 4.78 is 1.36. The molecule has 0 saturated heterocycles. The van der Waals surface area contributed by atoms with Crippen molar-refractivity contribution >= 4 is 17.4 Å². The maximum absolute atomic E-state index is 11.2. The van der Waals surface area contributed by atoms with Crippen molar-refractivity contribution in [2.45, 2.75) is 17.1 Å². The first-order chi connectivity index (χ1) is 8.49. The Bertz CT molecular complexity index is 706. The van der Waals surface area contributed by atoms with E-state index >= 15 is 0 Å². The summed E-state index contributed by atoms with van der Waals surface area (Å²) in [6.07, 6.45) is 1.62. The fraction of sp³-hybridized carbons (Fsp3) is 0.200. The van der Waals surface area contributed by atoms with Crippen molar-refractivity contribution in [1.29, 1.82) is 0 Å². The molecule has 2 aromatic rings. The monoisotopic (exact) mass is 265 g/mol. The summed E-state index contributed by atoms with van der Waals surface area (Å²) in [5.74, 6) is 0. The molecule has 0 saturated carbocycles. The minimum absolute atomic E-state index is 0.324. The first-order valence-corrected chi connectivity index (χ1v) is 5.87. The molecule has 0 radical (unpaired) electrons. The molecule has 3 N–H and O–H groups in total. The van der Waals surface area contributed by atoms with Gasteiger partial charge in [-0.1, -0.05) is 0 Å². The second kappa shape index (κ2) is 4.65. The van der Waals surface area contributed by atoms with Crippen LogP contribution in [0.2, 0.25) is 0 Å². The lowest BCUT2D eigenvalue weighted by Crippen LogP contribution is -2.33. The average Bonchev–Trinajstić information content (AvgIpc) is 2.32. The van der Waals surface area contributed by atoms with Gasteiger partial charge in [-0.3, -0.25) is 19.4 Å². The Morgan fingerprint density at radius 2 is 2.17 bits per heavy atom. The molecule has 0 aromatic carbocycles. The van der Waals surface area contributed by atoms with Gasteiger partial charge in [-0.15, -0.1) is 0 Å². The normalized spacial score (nSPS) is 10.6. The lowest BCUT2D eigenvalue weighted by atomic mass is 10.3. The molecular formula is C10H11N5O2S. The van der Waals surface area contributed by atoms with Crippen LogP contribution in [0, 0.1) is 6.92 Å². The van der Waals surface area contributed by atoms with Crippen molar-refractivity contribution in [3.8, 4) is 0 Å². The molecule has 0 aliphatic carbocycles. The van der Waals surface area contributed by atoms with Gasteiger partial charge in [0.05, 0.1) is 5.69 Å². The highest BCUT2D eigenvalue weighted by Gasteiger charge is 2.10. The van der Waals surface area contributed by atoms with Crippen LogP contribution in [0.1, 0.15) is 5.56 Å². The number of nitrogen functional groups attached to an aromatic ring is 1. The smallest absolute Gasteiger partial charge is 0.339 e. The van der Waals surface area contributed by atoms with E-state index in [-0.39, 0.29) is 0 Å². The molecule has 2 heterocycles.